The summed E-state index contributed by atoms with van der Waals surface area (Å²) in [6, 6.07) is 15.0. The van der Waals surface area contributed by atoms with Gasteiger partial charge >= 0.3 is 0 Å². The van der Waals surface area contributed by atoms with Gasteiger partial charge in [0, 0.05) is 60.3 Å². The van der Waals surface area contributed by atoms with E-state index < -0.39 is 142 Å². The van der Waals surface area contributed by atoms with Crippen molar-refractivity contribution in [3.8, 4) is 5.75 Å². The third-order valence-electron chi connectivity index (χ3n) is 21.8. The van der Waals surface area contributed by atoms with Crippen LogP contribution in [0.3, 0.4) is 0 Å². The number of aldehydes is 8. The first-order chi connectivity index (χ1) is 43.3. The summed E-state index contributed by atoms with van der Waals surface area (Å²) < 4.78 is 5.91. The lowest BCUT2D eigenvalue weighted by molar-refractivity contribution is -0.153. The van der Waals surface area contributed by atoms with Gasteiger partial charge < -0.3 is 68.4 Å². The van der Waals surface area contributed by atoms with Crippen molar-refractivity contribution in [3.63, 3.8) is 0 Å². The van der Waals surface area contributed by atoms with Crippen molar-refractivity contribution in [1.29, 1.82) is 22.1 Å². The van der Waals surface area contributed by atoms with Gasteiger partial charge in [-0.3, -0.25) is 0 Å². The Morgan fingerprint density at radius 1 is 0.522 bits per heavy atom. The number of carbonyl (C=O) groups excluding carboxylic acids is 8. The van der Waals surface area contributed by atoms with Crippen LogP contribution in [0.5, 0.6) is 5.75 Å². The molecule has 0 radical (unpaired) electrons. The minimum Gasteiger partial charge on any atom is -0.490 e. The molecule has 0 spiro atoms. The third kappa shape index (κ3) is 16.6. The molecule has 0 amide bonds. The monoisotopic (exact) mass is 1280 g/mol. The Morgan fingerprint density at radius 3 is 1.32 bits per heavy atom. The Balaban J connectivity index is 2.22. The number of ether oxygens (including phenoxy) is 1. The van der Waals surface area contributed by atoms with Crippen molar-refractivity contribution >= 4 is 56.0 Å². The van der Waals surface area contributed by atoms with Gasteiger partial charge in [0.05, 0.1) is 58.3 Å². The third-order valence-corrected chi connectivity index (χ3v) is 21.8. The highest BCUT2D eigenvalue weighted by Gasteiger charge is 2.61. The number of rotatable bonds is 24. The van der Waals surface area contributed by atoms with Gasteiger partial charge in [-0.1, -0.05) is 106 Å². The molecular formula is C70H107N9O13. The lowest BCUT2D eigenvalue weighted by atomic mass is 9.54. The zero-order chi connectivity index (χ0) is 69.4. The molecule has 2 aliphatic rings. The lowest BCUT2D eigenvalue weighted by Crippen LogP contribution is -2.61. The standard InChI is InChI=1S/C70H107N9O13/c1-41(2)25-54-51(35-82)63(89)30-50(34-81)67(12,76-72)57(28-44(7)8)60(40-87)70(91,31-47-19-21-48(22-20-47)32-79-23-24-92-64-18-16-15-17-61(64)79)46(10)59(39-86)69(14,78-74)55(26-42(3)4)52(36-83)62(88)29-49(33-80)66(11,75-71)56(27-43(5)6)53(37-84)65(90)45(9)58(38-85)68(54,13)77-73/h15-22,33-46,49-60,62-63,65,71-74,88-91H,23-32H2,1-14H3. The Kier molecular flexibility index (Phi) is 28.6. The van der Waals surface area contributed by atoms with E-state index in [1.165, 1.54) is 41.5 Å². The molecule has 0 bridgehead atoms. The fraction of sp³-hybridized carbons (Fsp3) is 0.714. The minimum absolute atomic E-state index is 0.00964. The molecule has 4 rings (SSSR count). The Morgan fingerprint density at radius 2 is 0.913 bits per heavy atom. The number of fused-ring (bicyclic) bond motifs is 1. The molecular weight excluding hydrogens is 1170 g/mol. The van der Waals surface area contributed by atoms with Crippen LogP contribution in [-0.2, 0) is 51.3 Å². The van der Waals surface area contributed by atoms with Crippen molar-refractivity contribution in [3.05, 3.63) is 59.7 Å². The molecule has 1 aliphatic carbocycles. The first-order valence-electron chi connectivity index (χ1n) is 32.8. The van der Waals surface area contributed by atoms with Gasteiger partial charge in [-0.15, -0.1) is 0 Å². The van der Waals surface area contributed by atoms with Crippen molar-refractivity contribution < 1.29 is 63.5 Å². The minimum atomic E-state index is -2.41. The van der Waals surface area contributed by atoms with E-state index in [-0.39, 0.29) is 55.8 Å². The topological polar surface area (TPSA) is 375 Å². The number of aliphatic hydroxyl groups excluding tert-OH is 3. The van der Waals surface area contributed by atoms with Crippen LogP contribution >= 0.6 is 0 Å². The second kappa shape index (κ2) is 33.7. The van der Waals surface area contributed by atoms with Crippen molar-refractivity contribution in [2.75, 3.05) is 18.1 Å². The number of hydrogen-bond donors (Lipinski definition) is 8. The summed E-state index contributed by atoms with van der Waals surface area (Å²) >= 11 is 0. The summed E-state index contributed by atoms with van der Waals surface area (Å²) in [4.78, 5) is 115. The van der Waals surface area contributed by atoms with Crippen LogP contribution in [0.25, 0.3) is 0 Å². The Bertz CT molecular complexity index is 2830. The van der Waals surface area contributed by atoms with Crippen LogP contribution in [0, 0.1) is 129 Å². The molecule has 1 saturated carbocycles. The van der Waals surface area contributed by atoms with Gasteiger partial charge in [0.1, 0.15) is 62.6 Å². The zero-order valence-corrected chi connectivity index (χ0v) is 56.6. The highest BCUT2D eigenvalue weighted by molar-refractivity contribution is 5.65. The zero-order valence-electron chi connectivity index (χ0n) is 56.6. The molecule has 92 heavy (non-hydrogen) atoms. The summed E-state index contributed by atoms with van der Waals surface area (Å²) in [5, 5.41) is 68.8. The van der Waals surface area contributed by atoms with Crippen LogP contribution in [0.4, 0.5) is 5.69 Å². The molecule has 0 saturated heterocycles. The van der Waals surface area contributed by atoms with E-state index in [9.17, 15) is 58.8 Å². The van der Waals surface area contributed by atoms with Crippen molar-refractivity contribution in [2.45, 2.75) is 194 Å². The number of carbonyl (C=O) groups is 8. The quantitative estimate of drug-likeness (QED) is 0.0358. The van der Waals surface area contributed by atoms with Gasteiger partial charge in [-0.25, -0.2) is 22.1 Å². The summed E-state index contributed by atoms with van der Waals surface area (Å²) in [5.41, 5.74) is 27.8. The van der Waals surface area contributed by atoms with Gasteiger partial charge in [-0.2, -0.15) is 20.5 Å². The second-order valence-corrected chi connectivity index (χ2v) is 29.4. The van der Waals surface area contributed by atoms with Gasteiger partial charge in [-0.05, 0) is 149 Å². The molecule has 1 fully saturated rings. The number of aliphatic hydroxyl groups is 4. The van der Waals surface area contributed by atoms with E-state index in [0.29, 0.717) is 75.5 Å². The fourth-order valence-corrected chi connectivity index (χ4v) is 16.1. The maximum absolute atomic E-state index is 14.7. The molecule has 2 aromatic rings. The van der Waals surface area contributed by atoms with Crippen LogP contribution in [0.1, 0.15) is 147 Å². The molecule has 1 heterocycles. The predicted octanol–water partition coefficient (Wildman–Crippen LogP) is 10.8. The van der Waals surface area contributed by atoms with E-state index >= 15 is 0 Å². The number of nitrogens with one attached hydrogen (secondary N) is 4. The smallest absolute Gasteiger partial charge is 0.142 e. The maximum atomic E-state index is 14.7. The largest absolute Gasteiger partial charge is 0.490 e. The second-order valence-electron chi connectivity index (χ2n) is 29.4. The average Bonchev–Trinajstić information content (AvgIpc) is 0.749. The summed E-state index contributed by atoms with van der Waals surface area (Å²) in [7, 11) is 0. The van der Waals surface area contributed by atoms with Gasteiger partial charge in [0.15, 0.2) is 0 Å². The van der Waals surface area contributed by atoms with Gasteiger partial charge in [0.2, 0.25) is 0 Å². The first kappa shape index (κ1) is 78.1. The number of nitrogens with zero attached hydrogens (tertiary/aromatic N) is 5. The number of para-hydroxylation sites is 2. The molecule has 0 aromatic heterocycles. The molecule has 1 aliphatic heterocycles. The molecule has 8 N–H and O–H groups in total. The molecule has 22 nitrogen and oxygen atoms in total. The van der Waals surface area contributed by atoms with Crippen molar-refractivity contribution in [2.24, 2.45) is 127 Å². The molecule has 22 heteroatoms. The predicted molar refractivity (Wildman–Crippen MR) is 346 cm³/mol. The Labute approximate surface area is 544 Å². The summed E-state index contributed by atoms with van der Waals surface area (Å²) in [5.74, 6) is -20.5. The normalized spacial score (nSPS) is 37.3. The highest BCUT2D eigenvalue weighted by atomic mass is 16.5. The molecule has 510 valence electrons. The molecule has 22 atom stereocenters. The van der Waals surface area contributed by atoms with Crippen LogP contribution in [0.2, 0.25) is 0 Å². The lowest BCUT2D eigenvalue weighted by Gasteiger charge is -2.52. The van der Waals surface area contributed by atoms with Crippen LogP contribution < -0.4 is 9.64 Å². The summed E-state index contributed by atoms with van der Waals surface area (Å²) in [6.45, 7) is 24.8. The number of anilines is 1. The number of hydrogen-bond acceptors (Lipinski definition) is 22. The van der Waals surface area contributed by atoms with Crippen LogP contribution in [-0.4, -0.2) is 130 Å². The van der Waals surface area contributed by atoms with E-state index in [4.69, 9.17) is 26.9 Å². The first-order valence-corrected chi connectivity index (χ1v) is 32.8. The van der Waals surface area contributed by atoms with E-state index in [1.54, 1.807) is 26.0 Å². The number of benzene rings is 2. The van der Waals surface area contributed by atoms with E-state index in [0.717, 1.165) is 17.0 Å². The van der Waals surface area contributed by atoms with Gasteiger partial charge in [0.25, 0.3) is 0 Å². The maximum Gasteiger partial charge on any atom is 0.142 e. The fourth-order valence-electron chi connectivity index (χ4n) is 16.1. The highest BCUT2D eigenvalue weighted by Crippen LogP contribution is 2.53. The average molecular weight is 1280 g/mol. The molecule has 22 unspecified atom stereocenters. The Hall–Kier alpha value is -6.36. The summed E-state index contributed by atoms with van der Waals surface area (Å²) in [6.07, 6.45) is -3.12. The van der Waals surface area contributed by atoms with E-state index in [1.807, 2.05) is 77.9 Å². The van der Waals surface area contributed by atoms with Crippen LogP contribution in [0.15, 0.2) is 69.0 Å². The SMILES string of the molecule is CC(C)CC1C(C=O)C(O)C(C)C(C=O)C(C)(N=N)C(CC(C)C)C(C=O)C(O)CC(C=O)C(C)(N=N)C(CC(C)C)C(C=O)C(O)(Cc2ccc(CN3CCOc4ccccc43)cc2)C(C)C(C=O)C(C)(N=N)C(CC(C)C)C(C=O)C(O)CC(C=O)C1(C)N=N. The van der Waals surface area contributed by atoms with E-state index in [2.05, 4.69) is 25.4 Å². The molecule has 2 aromatic carbocycles. The van der Waals surface area contributed by atoms with Crippen molar-refractivity contribution in [1.82, 2.24) is 0 Å².